The lowest BCUT2D eigenvalue weighted by molar-refractivity contribution is -0.135. The van der Waals surface area contributed by atoms with E-state index in [1.807, 2.05) is 0 Å². The van der Waals surface area contributed by atoms with Gasteiger partial charge < -0.3 is 10.2 Å². The maximum Gasteiger partial charge on any atom is 0.371 e. The molecule has 0 saturated carbocycles. The first-order chi connectivity index (χ1) is 8.81. The molecule has 1 aromatic rings. The third-order valence-electron chi connectivity index (χ3n) is 2.08. The molecule has 0 radical (unpaired) electrons. The van der Waals surface area contributed by atoms with Crippen LogP contribution in [0.1, 0.15) is 16.8 Å². The van der Waals surface area contributed by atoms with E-state index >= 15 is 0 Å². The molecule has 0 heterocycles. The second kappa shape index (κ2) is 6.36. The van der Waals surface area contributed by atoms with Crippen LogP contribution in [0.4, 0.5) is 0 Å². The van der Waals surface area contributed by atoms with E-state index in [-0.39, 0.29) is 10.6 Å². The first-order valence-corrected chi connectivity index (χ1v) is 5.72. The molecule has 0 aliphatic carbocycles. The van der Waals surface area contributed by atoms with Gasteiger partial charge >= 0.3 is 5.97 Å². The van der Waals surface area contributed by atoms with Crippen molar-refractivity contribution in [3.63, 3.8) is 0 Å². The highest BCUT2D eigenvalue weighted by Crippen LogP contribution is 2.22. The third-order valence-corrected chi connectivity index (χ3v) is 2.63. The Bertz CT molecular complexity index is 577. The number of rotatable bonds is 5. The standard InChI is InChI=1S/C12H8Cl2O5/c13-6-1-2-8(9(14)3-6)10(16)4-7(15)5-11(17)12(18)19/h1-3,5,17H,4H2,(H,18,19). The Labute approximate surface area is 118 Å². The van der Waals surface area contributed by atoms with Crippen molar-refractivity contribution in [1.82, 2.24) is 0 Å². The summed E-state index contributed by atoms with van der Waals surface area (Å²) in [5.41, 5.74) is 0.0997. The fraction of sp³-hybridized carbons (Fsp3) is 0.0833. The van der Waals surface area contributed by atoms with E-state index in [9.17, 15) is 14.4 Å². The van der Waals surface area contributed by atoms with Gasteiger partial charge in [-0.05, 0) is 18.2 Å². The molecular weight excluding hydrogens is 295 g/mol. The number of carbonyl (C=O) groups is 3. The Hall–Kier alpha value is -1.85. The van der Waals surface area contributed by atoms with Crippen LogP contribution < -0.4 is 0 Å². The van der Waals surface area contributed by atoms with Crippen molar-refractivity contribution in [1.29, 1.82) is 0 Å². The lowest BCUT2D eigenvalue weighted by Gasteiger charge is -2.02. The molecule has 0 spiro atoms. The quantitative estimate of drug-likeness (QED) is 0.377. The van der Waals surface area contributed by atoms with Crippen molar-refractivity contribution >= 4 is 40.7 Å². The number of halogens is 2. The number of aliphatic hydroxyl groups is 1. The number of ketones is 2. The number of carboxylic acids is 1. The summed E-state index contributed by atoms with van der Waals surface area (Å²) in [5, 5.41) is 17.7. The van der Waals surface area contributed by atoms with Gasteiger partial charge in [0.1, 0.15) is 0 Å². The summed E-state index contributed by atoms with van der Waals surface area (Å²) in [6.07, 6.45) is -0.122. The maximum absolute atomic E-state index is 11.7. The van der Waals surface area contributed by atoms with Crippen molar-refractivity contribution in [3.05, 3.63) is 45.6 Å². The lowest BCUT2D eigenvalue weighted by atomic mass is 10.1. The molecule has 0 amide bonds. The Balaban J connectivity index is 2.83. The average Bonchev–Trinajstić information content (AvgIpc) is 2.27. The summed E-state index contributed by atoms with van der Waals surface area (Å²) in [6, 6.07) is 4.15. The van der Waals surface area contributed by atoms with Crippen molar-refractivity contribution in [3.8, 4) is 0 Å². The molecule has 19 heavy (non-hydrogen) atoms. The van der Waals surface area contributed by atoms with E-state index in [0.717, 1.165) is 0 Å². The Morgan fingerprint density at radius 2 is 1.79 bits per heavy atom. The van der Waals surface area contributed by atoms with Gasteiger partial charge in [-0.25, -0.2) is 4.79 Å². The number of benzene rings is 1. The number of allylic oxidation sites excluding steroid dienone is 1. The summed E-state index contributed by atoms with van der Waals surface area (Å²) in [4.78, 5) is 33.4. The van der Waals surface area contributed by atoms with Crippen molar-refractivity contribution in [2.75, 3.05) is 0 Å². The highest BCUT2D eigenvalue weighted by atomic mass is 35.5. The predicted octanol–water partition coefficient (Wildman–Crippen LogP) is 2.66. The van der Waals surface area contributed by atoms with Gasteiger partial charge in [-0.2, -0.15) is 0 Å². The zero-order valence-corrected chi connectivity index (χ0v) is 10.9. The topological polar surface area (TPSA) is 91.7 Å². The van der Waals surface area contributed by atoms with Gasteiger partial charge in [-0.15, -0.1) is 0 Å². The first kappa shape index (κ1) is 15.2. The summed E-state index contributed by atoms with van der Waals surface area (Å²) in [7, 11) is 0. The first-order valence-electron chi connectivity index (χ1n) is 4.96. The van der Waals surface area contributed by atoms with E-state index in [1.54, 1.807) is 0 Å². The Morgan fingerprint density at radius 1 is 1.16 bits per heavy atom. The fourth-order valence-electron chi connectivity index (χ4n) is 1.23. The molecule has 5 nitrogen and oxygen atoms in total. The molecule has 0 unspecified atom stereocenters. The van der Waals surface area contributed by atoms with Gasteiger partial charge in [0, 0.05) is 16.7 Å². The highest BCUT2D eigenvalue weighted by Gasteiger charge is 2.15. The molecule has 1 aromatic carbocycles. The normalized spacial score (nSPS) is 11.2. The zero-order chi connectivity index (χ0) is 14.6. The molecule has 7 heteroatoms. The molecule has 100 valence electrons. The number of hydrogen-bond donors (Lipinski definition) is 2. The predicted molar refractivity (Wildman–Crippen MR) is 68.8 cm³/mol. The van der Waals surface area contributed by atoms with E-state index in [1.165, 1.54) is 18.2 Å². The average molecular weight is 303 g/mol. The molecule has 0 aliphatic heterocycles. The lowest BCUT2D eigenvalue weighted by Crippen LogP contribution is -2.09. The summed E-state index contributed by atoms with van der Waals surface area (Å²) < 4.78 is 0. The minimum absolute atomic E-state index is 0.0942. The Kier molecular flexibility index (Phi) is 5.09. The molecule has 0 atom stereocenters. The van der Waals surface area contributed by atoms with E-state index < -0.39 is 29.7 Å². The Morgan fingerprint density at radius 3 is 2.32 bits per heavy atom. The molecule has 0 aromatic heterocycles. The van der Waals surface area contributed by atoms with Gasteiger partial charge in [0.15, 0.2) is 11.6 Å². The summed E-state index contributed by atoms with van der Waals surface area (Å²) in [5.74, 6) is -4.21. The van der Waals surface area contributed by atoms with E-state index in [2.05, 4.69) is 0 Å². The molecule has 0 bridgehead atoms. The van der Waals surface area contributed by atoms with Crippen LogP contribution in [0.25, 0.3) is 0 Å². The van der Waals surface area contributed by atoms with Crippen LogP contribution in [0.15, 0.2) is 30.0 Å². The minimum atomic E-state index is -1.65. The number of carboxylic acid groups (broad SMARTS) is 1. The largest absolute Gasteiger partial charge is 0.502 e. The van der Waals surface area contributed by atoms with E-state index in [4.69, 9.17) is 33.4 Å². The molecule has 0 saturated heterocycles. The van der Waals surface area contributed by atoms with Crippen LogP contribution in [0.2, 0.25) is 10.0 Å². The summed E-state index contributed by atoms with van der Waals surface area (Å²) in [6.45, 7) is 0. The number of aliphatic carboxylic acids is 1. The maximum atomic E-state index is 11.7. The molecular formula is C12H8Cl2O5. The van der Waals surface area contributed by atoms with Gasteiger partial charge in [0.2, 0.25) is 5.76 Å². The van der Waals surface area contributed by atoms with Gasteiger partial charge in [0.05, 0.1) is 11.4 Å². The van der Waals surface area contributed by atoms with Crippen LogP contribution in [0.3, 0.4) is 0 Å². The molecule has 1 rings (SSSR count). The zero-order valence-electron chi connectivity index (χ0n) is 9.39. The minimum Gasteiger partial charge on any atom is -0.502 e. The third kappa shape index (κ3) is 4.39. The van der Waals surface area contributed by atoms with Gasteiger partial charge in [0.25, 0.3) is 0 Å². The van der Waals surface area contributed by atoms with Gasteiger partial charge in [-0.1, -0.05) is 23.2 Å². The van der Waals surface area contributed by atoms with Crippen molar-refractivity contribution in [2.24, 2.45) is 0 Å². The van der Waals surface area contributed by atoms with Crippen LogP contribution in [0.5, 0.6) is 0 Å². The SMILES string of the molecule is O=C(C=C(O)C(=O)O)CC(=O)c1ccc(Cl)cc1Cl. The number of hydrogen-bond acceptors (Lipinski definition) is 4. The van der Waals surface area contributed by atoms with Crippen LogP contribution in [-0.4, -0.2) is 27.7 Å². The second-order valence-electron chi connectivity index (χ2n) is 3.53. The number of Topliss-reactive ketones (excluding diaryl/α,β-unsaturated/α-hetero) is 1. The molecule has 0 fully saturated rings. The van der Waals surface area contributed by atoms with Crippen LogP contribution >= 0.6 is 23.2 Å². The fourth-order valence-corrected chi connectivity index (χ4v) is 1.75. The van der Waals surface area contributed by atoms with E-state index in [0.29, 0.717) is 11.1 Å². The monoisotopic (exact) mass is 302 g/mol. The summed E-state index contributed by atoms with van der Waals surface area (Å²) >= 11 is 11.4. The van der Waals surface area contributed by atoms with Crippen molar-refractivity contribution in [2.45, 2.75) is 6.42 Å². The molecule has 0 aliphatic rings. The highest BCUT2D eigenvalue weighted by molar-refractivity contribution is 6.37. The number of carbonyl (C=O) groups excluding carboxylic acids is 2. The van der Waals surface area contributed by atoms with Crippen molar-refractivity contribution < 1.29 is 24.6 Å². The van der Waals surface area contributed by atoms with Crippen LogP contribution in [0, 0.1) is 0 Å². The van der Waals surface area contributed by atoms with Crippen LogP contribution in [-0.2, 0) is 9.59 Å². The second-order valence-corrected chi connectivity index (χ2v) is 4.37. The molecule has 2 N–H and O–H groups in total. The van der Waals surface area contributed by atoms with Gasteiger partial charge in [-0.3, -0.25) is 9.59 Å². The number of aliphatic hydroxyl groups excluding tert-OH is 1. The smallest absolute Gasteiger partial charge is 0.371 e.